The van der Waals surface area contributed by atoms with E-state index in [2.05, 4.69) is 63.3 Å². The van der Waals surface area contributed by atoms with Gasteiger partial charge in [-0.25, -0.2) is 38.2 Å². The maximum Gasteiger partial charge on any atom is 0.490 e. The molecule has 0 radical (unpaired) electrons. The number of aliphatic hydroxyl groups excluding tert-OH is 3. The summed E-state index contributed by atoms with van der Waals surface area (Å²) in [6.07, 6.45) is 0.414. The number of carbonyl (C=O) groups excluding carboxylic acids is 4. The molecule has 4 saturated heterocycles. The highest BCUT2D eigenvalue weighted by Crippen LogP contribution is 2.66. The van der Waals surface area contributed by atoms with Crippen molar-refractivity contribution in [2.24, 2.45) is 5.92 Å². The summed E-state index contributed by atoms with van der Waals surface area (Å²) in [6.45, 7) is 19.3. The zero-order valence-corrected chi connectivity index (χ0v) is 58.9. The van der Waals surface area contributed by atoms with Crippen molar-refractivity contribution < 1.29 is 119 Å². The van der Waals surface area contributed by atoms with Crippen LogP contribution in [0.15, 0.2) is 18.6 Å². The Morgan fingerprint density at radius 1 is 0.684 bits per heavy atom. The van der Waals surface area contributed by atoms with Crippen molar-refractivity contribution in [2.45, 2.75) is 178 Å². The van der Waals surface area contributed by atoms with E-state index in [1.165, 1.54) is 25.3 Å². The fourth-order valence-electron chi connectivity index (χ4n) is 12.4. The van der Waals surface area contributed by atoms with Gasteiger partial charge in [-0.2, -0.15) is 33.2 Å². The maximum absolute atomic E-state index is 13.4. The fourth-order valence-corrected chi connectivity index (χ4v) is 15.7. The van der Waals surface area contributed by atoms with E-state index in [-0.39, 0.29) is 61.1 Å². The van der Waals surface area contributed by atoms with Crippen molar-refractivity contribution in [2.75, 3.05) is 51.3 Å². The number of nitrogen functional groups attached to an aromatic ring is 2. The Kier molecular flexibility index (Phi) is 22.8. The highest BCUT2D eigenvalue weighted by molar-refractivity contribution is 7.66. The van der Waals surface area contributed by atoms with Crippen molar-refractivity contribution >= 4 is 104 Å². The van der Waals surface area contributed by atoms with Crippen LogP contribution < -0.4 is 26.3 Å². The number of nitrogens with one attached hydrogen (secondary N) is 4. The molecule has 542 valence electrons. The minimum atomic E-state index is -5.67. The number of likely N-dealkylation sites (tertiary alicyclic amines) is 2. The van der Waals surface area contributed by atoms with Gasteiger partial charge in [-0.15, -0.1) is 0 Å². The lowest BCUT2D eigenvalue weighted by Gasteiger charge is -2.35. The van der Waals surface area contributed by atoms with Crippen molar-refractivity contribution in [1.29, 1.82) is 0 Å². The van der Waals surface area contributed by atoms with Gasteiger partial charge in [0.2, 0.25) is 29.6 Å². The lowest BCUT2D eigenvalue weighted by molar-refractivity contribution is -0.191. The van der Waals surface area contributed by atoms with E-state index in [0.717, 1.165) is 5.56 Å². The number of anilines is 3. The topological polar surface area (TPSA) is 558 Å². The summed E-state index contributed by atoms with van der Waals surface area (Å²) in [5.74, 6) is -2.55. The van der Waals surface area contributed by atoms with Crippen molar-refractivity contribution in [1.82, 2.24) is 54.7 Å². The molecule has 0 bridgehead atoms. The lowest BCUT2D eigenvalue weighted by Crippen LogP contribution is -2.47. The van der Waals surface area contributed by atoms with Crippen LogP contribution in [0.5, 0.6) is 11.8 Å². The molecule has 10 heterocycles. The number of nitrogens with zero attached hydrogens (tertiary/aromatic N) is 8. The smallest absolute Gasteiger partial charge is 0.479 e. The van der Waals surface area contributed by atoms with E-state index in [9.17, 15) is 48.4 Å². The van der Waals surface area contributed by atoms with Crippen LogP contribution in [0.2, 0.25) is 5.15 Å². The number of halogens is 1. The molecule has 0 aromatic carbocycles. The number of aromatic amines is 3. The largest absolute Gasteiger partial charge is 0.490 e. The van der Waals surface area contributed by atoms with E-state index >= 15 is 0 Å². The molecule has 15 N–H and O–H groups in total. The summed E-state index contributed by atoms with van der Waals surface area (Å²) in [5, 5.41) is 34.3. The van der Waals surface area contributed by atoms with Gasteiger partial charge < -0.3 is 105 Å². The summed E-state index contributed by atoms with van der Waals surface area (Å²) < 4.78 is 92.5. The number of aromatic nitrogens is 9. The lowest BCUT2D eigenvalue weighted by atomic mass is 9.96. The normalized spacial score (nSPS) is 26.7. The first kappa shape index (κ1) is 76.9. The molecule has 2 amide bonds. The van der Waals surface area contributed by atoms with Gasteiger partial charge >= 0.3 is 41.8 Å². The number of phosphoric acid groups is 3. The summed E-state index contributed by atoms with van der Waals surface area (Å²) in [4.78, 5) is 116. The van der Waals surface area contributed by atoms with E-state index < -0.39 is 119 Å². The summed E-state index contributed by atoms with van der Waals surface area (Å²) in [7, 11) is -12.0. The Bertz CT molecular complexity index is 4000. The molecule has 0 spiro atoms. The third kappa shape index (κ3) is 17.0. The highest BCUT2D eigenvalue weighted by atomic mass is 35.5. The summed E-state index contributed by atoms with van der Waals surface area (Å²) >= 11 is 6.38. The Morgan fingerprint density at radius 2 is 1.11 bits per heavy atom. The van der Waals surface area contributed by atoms with Gasteiger partial charge in [-0.1, -0.05) is 18.5 Å². The van der Waals surface area contributed by atoms with E-state index in [1.807, 2.05) is 47.7 Å². The second kappa shape index (κ2) is 29.0. The van der Waals surface area contributed by atoms with Crippen LogP contribution in [-0.2, 0) is 64.9 Å². The fraction of sp³-hybridized carbons (Fsp3) is 0.618. The number of carbonyl (C=O) groups is 2. The van der Waals surface area contributed by atoms with Crippen LogP contribution in [0.4, 0.5) is 27.4 Å². The van der Waals surface area contributed by atoms with E-state index in [0.29, 0.717) is 61.7 Å². The third-order valence-electron chi connectivity index (χ3n) is 15.7. The minimum absolute atomic E-state index is 0.0112. The van der Waals surface area contributed by atoms with Crippen LogP contribution in [0, 0.1) is 5.92 Å². The van der Waals surface area contributed by atoms with Gasteiger partial charge in [0.05, 0.1) is 63.8 Å². The van der Waals surface area contributed by atoms with Crippen molar-refractivity contribution in [3.8, 4) is 11.8 Å². The number of ether oxygens (including phenoxy) is 8. The Hall–Kier alpha value is -6.80. The minimum Gasteiger partial charge on any atom is -0.479 e. The zero-order chi connectivity index (χ0) is 72.9. The van der Waals surface area contributed by atoms with Gasteiger partial charge in [0.1, 0.15) is 68.7 Å². The quantitative estimate of drug-likeness (QED) is 0.0470. The Balaban J connectivity index is 0.000000184. The van der Waals surface area contributed by atoms with E-state index in [1.54, 1.807) is 52.8 Å². The number of rotatable bonds is 15. The number of H-pyrrole nitrogens is 3. The van der Waals surface area contributed by atoms with Crippen LogP contribution in [0.3, 0.4) is 0 Å². The van der Waals surface area contributed by atoms with Gasteiger partial charge in [0, 0.05) is 54.2 Å². The number of aliphatic hydroxyl groups is 3. The Morgan fingerprint density at radius 3 is 1.55 bits per heavy atom. The van der Waals surface area contributed by atoms with Gasteiger partial charge in [-0.05, 0) is 82.1 Å². The van der Waals surface area contributed by atoms with Crippen LogP contribution in [0.1, 0.15) is 124 Å². The SMILES string of the molecule is CC[C@@H]1[C@H]2OC(C)(C)O[C@H]2[C@H](c2c[nH]c3c(Cl)nc(NC)nc23)N1C(=O)OC(C)(C)C.COc1nc(N)nc2c([C@@H]3C[C@H](COP(=O)(O)OP(=O)(O)OP(=O)(O)O)[C@@H](O)[C@H]3O)c[nH]c12.COc1nc(N)nc2c([C@H]3[C@@H]4OC(C)(C)O[C@@H]4[C@@H](CO)N3C(=O)OC(C)(C)C)c[nH]c12.O=C=O. The summed E-state index contributed by atoms with van der Waals surface area (Å²) in [5.41, 5.74) is 15.1. The van der Waals surface area contributed by atoms with Gasteiger partial charge in [0.25, 0.3) is 0 Å². The first-order chi connectivity index (χ1) is 45.4. The van der Waals surface area contributed by atoms with Gasteiger partial charge in [0.15, 0.2) is 16.7 Å². The molecule has 5 fully saturated rings. The first-order valence-corrected chi connectivity index (χ1v) is 34.9. The number of phosphoric ester groups is 1. The number of hydrogen-bond acceptors (Lipinski definition) is 30. The monoisotopic (exact) mass is 1460 g/mol. The Labute approximate surface area is 563 Å². The molecular formula is C55H80ClN14O25P3. The molecule has 1 aliphatic carbocycles. The molecule has 2 unspecified atom stereocenters. The maximum atomic E-state index is 13.4. The molecule has 11 rings (SSSR count). The molecule has 5 aliphatic rings. The number of amides is 2. The molecule has 43 heteroatoms. The van der Waals surface area contributed by atoms with Crippen LogP contribution in [0.25, 0.3) is 33.1 Å². The predicted molar refractivity (Wildman–Crippen MR) is 340 cm³/mol. The molecule has 1 saturated carbocycles. The number of nitrogens with two attached hydrogens (primary N) is 2. The van der Waals surface area contributed by atoms with Crippen LogP contribution in [-0.4, -0.2) is 214 Å². The zero-order valence-electron chi connectivity index (χ0n) is 55.4. The van der Waals surface area contributed by atoms with Gasteiger partial charge in [-0.3, -0.25) is 14.3 Å². The highest BCUT2D eigenvalue weighted by Gasteiger charge is 2.62. The molecule has 39 nitrogen and oxygen atoms in total. The molecule has 98 heavy (non-hydrogen) atoms. The third-order valence-corrected chi connectivity index (χ3v) is 19.8. The average Bonchev–Trinajstić information content (AvgIpc) is 1.57. The number of fused-ring (bicyclic) bond motifs is 5. The molecule has 14 atom stereocenters. The second-order valence-corrected chi connectivity index (χ2v) is 30.5. The molecule has 6 aromatic rings. The second-order valence-electron chi connectivity index (χ2n) is 25.7. The number of hydrogen-bond donors (Lipinski definition) is 13. The van der Waals surface area contributed by atoms with E-state index in [4.69, 9.17) is 80.3 Å². The standard InChI is InChI=1S/C21H30ClN5O4.C20H29N5O6.C13H21N4O13P3.CO2/c1-8-11-15-16(30-21(5,6)29-15)14(27(11)19(28)31-20(2,3)4)10-9-24-13-12(10)25-18(23-7)26-17(13)22;1-19(2,3)31-18(27)25-10(8-26)14-15(30-20(4,5)29-14)13(25)9-7-22-12-11(9)23-17(21)24-16(12)28-6;1-27-12-9-8(16-13(14)17-12)7(3-15-9)6-2-5(10(18)11(6)19)4-28-32(23,24)30-33(25,26)29-31(20,21)22;2-1-3/h9,11,14-16,24H,8H2,1-7H3,(H,23,25,26);7,10,13-15,22,26H,8H2,1-6H3,(H2,21,23,24);3,5-6,10-11,15,18-19H,2,4H2,1H3,(H,23,24)(H,25,26)(H2,14,16,17)(H2,20,21,22);/t11-,14+,15-,16+;10-,13+,14-,15+;5-,6+,10-,11+;/m111./s1. The van der Waals surface area contributed by atoms with Crippen LogP contribution >= 0.6 is 35.1 Å². The average molecular weight is 1470 g/mol. The molecule has 6 aromatic heterocycles. The number of methoxy groups -OCH3 is 2. The molecular weight excluding hydrogens is 1390 g/mol. The predicted octanol–water partition coefficient (Wildman–Crippen LogP) is 5.10. The summed E-state index contributed by atoms with van der Waals surface area (Å²) in [6, 6.07) is -1.99. The molecule has 4 aliphatic heterocycles. The van der Waals surface area contributed by atoms with Crippen molar-refractivity contribution in [3.63, 3.8) is 0 Å². The van der Waals surface area contributed by atoms with Crippen molar-refractivity contribution in [3.05, 3.63) is 40.4 Å². The first-order valence-electron chi connectivity index (χ1n) is 30.0.